The maximum Gasteiger partial charge on any atom is 0.229 e. The van der Waals surface area contributed by atoms with Crippen molar-refractivity contribution in [2.45, 2.75) is 0 Å². The van der Waals surface area contributed by atoms with Gasteiger partial charge in [0.25, 0.3) is 0 Å². The quantitative estimate of drug-likeness (QED) is 0.746. The van der Waals surface area contributed by atoms with Crippen LogP contribution in [0.15, 0.2) is 34.7 Å². The van der Waals surface area contributed by atoms with E-state index in [1.54, 1.807) is 44.6 Å². The first-order valence-electron chi connectivity index (χ1n) is 6.20. The SMILES string of the molecule is COc1cc(N)c(-c2nc3cc(Cl)ccc3o2)cc1OC. The van der Waals surface area contributed by atoms with Gasteiger partial charge in [0.15, 0.2) is 17.1 Å². The van der Waals surface area contributed by atoms with E-state index in [0.29, 0.717) is 44.8 Å². The number of nitrogen functional groups attached to an aromatic ring is 1. The largest absolute Gasteiger partial charge is 0.493 e. The topological polar surface area (TPSA) is 70.5 Å². The second-order valence-electron chi connectivity index (χ2n) is 4.43. The molecule has 0 spiro atoms. The average molecular weight is 305 g/mol. The summed E-state index contributed by atoms with van der Waals surface area (Å²) in [6.45, 7) is 0. The van der Waals surface area contributed by atoms with Gasteiger partial charge in [0.05, 0.1) is 19.8 Å². The molecule has 0 fully saturated rings. The van der Waals surface area contributed by atoms with Crippen molar-refractivity contribution in [2.75, 3.05) is 20.0 Å². The van der Waals surface area contributed by atoms with Crippen molar-refractivity contribution < 1.29 is 13.9 Å². The molecule has 0 amide bonds. The minimum absolute atomic E-state index is 0.408. The second kappa shape index (κ2) is 5.18. The lowest BCUT2D eigenvalue weighted by atomic mass is 10.1. The highest BCUT2D eigenvalue weighted by molar-refractivity contribution is 6.31. The Bertz CT molecular complexity index is 814. The number of hydrogen-bond donors (Lipinski definition) is 1. The fourth-order valence-electron chi connectivity index (χ4n) is 2.10. The standard InChI is InChI=1S/C15H13ClN2O3/c1-19-13-6-9(10(17)7-14(13)20-2)15-18-11-5-8(16)3-4-12(11)21-15/h3-7H,17H2,1-2H3. The Morgan fingerprint density at radius 1 is 1.10 bits per heavy atom. The highest BCUT2D eigenvalue weighted by Crippen LogP contribution is 2.38. The number of benzene rings is 2. The van der Waals surface area contributed by atoms with Crippen molar-refractivity contribution in [3.05, 3.63) is 35.4 Å². The van der Waals surface area contributed by atoms with E-state index in [1.165, 1.54) is 0 Å². The van der Waals surface area contributed by atoms with E-state index in [9.17, 15) is 0 Å². The number of methoxy groups -OCH3 is 2. The lowest BCUT2D eigenvalue weighted by molar-refractivity contribution is 0.355. The van der Waals surface area contributed by atoms with E-state index < -0.39 is 0 Å². The molecule has 2 N–H and O–H groups in total. The van der Waals surface area contributed by atoms with Crippen LogP contribution in [0.2, 0.25) is 5.02 Å². The predicted molar refractivity (Wildman–Crippen MR) is 82.0 cm³/mol. The second-order valence-corrected chi connectivity index (χ2v) is 4.86. The Morgan fingerprint density at radius 2 is 1.81 bits per heavy atom. The molecule has 21 heavy (non-hydrogen) atoms. The molecule has 0 aliphatic rings. The van der Waals surface area contributed by atoms with Gasteiger partial charge in [-0.05, 0) is 24.3 Å². The third kappa shape index (κ3) is 2.36. The van der Waals surface area contributed by atoms with E-state index in [1.807, 2.05) is 0 Å². The third-order valence-electron chi connectivity index (χ3n) is 3.14. The molecule has 3 aromatic rings. The van der Waals surface area contributed by atoms with Crippen molar-refractivity contribution in [3.63, 3.8) is 0 Å². The van der Waals surface area contributed by atoms with E-state index >= 15 is 0 Å². The summed E-state index contributed by atoms with van der Waals surface area (Å²) in [5.41, 5.74) is 8.49. The van der Waals surface area contributed by atoms with Crippen LogP contribution >= 0.6 is 11.6 Å². The van der Waals surface area contributed by atoms with Crippen LogP contribution in [0.4, 0.5) is 5.69 Å². The van der Waals surface area contributed by atoms with Gasteiger partial charge in [0, 0.05) is 16.8 Å². The molecular weight excluding hydrogens is 292 g/mol. The van der Waals surface area contributed by atoms with Gasteiger partial charge in [0.2, 0.25) is 5.89 Å². The maximum atomic E-state index is 6.04. The molecule has 3 rings (SSSR count). The minimum Gasteiger partial charge on any atom is -0.493 e. The van der Waals surface area contributed by atoms with Gasteiger partial charge in [-0.2, -0.15) is 0 Å². The summed E-state index contributed by atoms with van der Waals surface area (Å²) >= 11 is 5.95. The van der Waals surface area contributed by atoms with Crippen molar-refractivity contribution in [2.24, 2.45) is 0 Å². The normalized spacial score (nSPS) is 10.8. The maximum absolute atomic E-state index is 6.04. The Labute approximate surface area is 126 Å². The molecule has 1 heterocycles. The molecule has 2 aromatic carbocycles. The monoisotopic (exact) mass is 304 g/mol. The van der Waals surface area contributed by atoms with Crippen LogP contribution in [0.5, 0.6) is 11.5 Å². The van der Waals surface area contributed by atoms with Crippen molar-refractivity contribution in [1.82, 2.24) is 4.98 Å². The molecule has 0 saturated carbocycles. The Morgan fingerprint density at radius 3 is 2.52 bits per heavy atom. The summed E-state index contributed by atoms with van der Waals surface area (Å²) in [5, 5.41) is 0.600. The fourth-order valence-corrected chi connectivity index (χ4v) is 2.26. The first-order valence-corrected chi connectivity index (χ1v) is 6.58. The number of ether oxygens (including phenoxy) is 2. The number of nitrogens with two attached hydrogens (primary N) is 1. The van der Waals surface area contributed by atoms with Gasteiger partial charge in [-0.15, -0.1) is 0 Å². The zero-order valence-electron chi connectivity index (χ0n) is 11.5. The van der Waals surface area contributed by atoms with Crippen LogP contribution in [0.3, 0.4) is 0 Å². The number of fused-ring (bicyclic) bond motifs is 1. The minimum atomic E-state index is 0.408. The molecule has 0 atom stereocenters. The van der Waals surface area contributed by atoms with Crippen molar-refractivity contribution >= 4 is 28.4 Å². The van der Waals surface area contributed by atoms with Crippen molar-refractivity contribution in [3.8, 4) is 23.0 Å². The molecule has 108 valence electrons. The van der Waals surface area contributed by atoms with Crippen LogP contribution in [0.1, 0.15) is 0 Å². The van der Waals surface area contributed by atoms with E-state index in [0.717, 1.165) is 0 Å². The van der Waals surface area contributed by atoms with E-state index in [2.05, 4.69) is 4.98 Å². The lowest BCUT2D eigenvalue weighted by Gasteiger charge is -2.10. The number of anilines is 1. The third-order valence-corrected chi connectivity index (χ3v) is 3.37. The van der Waals surface area contributed by atoms with Crippen LogP contribution in [-0.2, 0) is 0 Å². The van der Waals surface area contributed by atoms with Gasteiger partial charge < -0.3 is 19.6 Å². The van der Waals surface area contributed by atoms with Crippen LogP contribution in [0, 0.1) is 0 Å². The van der Waals surface area contributed by atoms with Crippen LogP contribution in [0.25, 0.3) is 22.6 Å². The number of halogens is 1. The van der Waals surface area contributed by atoms with Gasteiger partial charge in [-0.3, -0.25) is 0 Å². The Kier molecular flexibility index (Phi) is 3.35. The number of oxazole rings is 1. The summed E-state index contributed by atoms with van der Waals surface area (Å²) in [6.07, 6.45) is 0. The molecule has 0 bridgehead atoms. The molecular formula is C15H13ClN2O3. The smallest absolute Gasteiger partial charge is 0.229 e. The molecule has 0 aliphatic heterocycles. The summed E-state index contributed by atoms with van der Waals surface area (Å²) in [7, 11) is 3.11. The van der Waals surface area contributed by atoms with Crippen molar-refractivity contribution in [1.29, 1.82) is 0 Å². The Hall–Kier alpha value is -2.40. The zero-order chi connectivity index (χ0) is 15.0. The first-order chi connectivity index (χ1) is 10.1. The fraction of sp³-hybridized carbons (Fsp3) is 0.133. The average Bonchev–Trinajstić information content (AvgIpc) is 2.89. The lowest BCUT2D eigenvalue weighted by Crippen LogP contribution is -1.96. The molecule has 0 unspecified atom stereocenters. The number of rotatable bonds is 3. The molecule has 0 aliphatic carbocycles. The molecule has 0 saturated heterocycles. The molecule has 0 radical (unpaired) electrons. The predicted octanol–water partition coefficient (Wildman–Crippen LogP) is 3.75. The highest BCUT2D eigenvalue weighted by Gasteiger charge is 2.15. The zero-order valence-corrected chi connectivity index (χ0v) is 12.3. The van der Waals surface area contributed by atoms with Gasteiger partial charge in [-0.25, -0.2) is 4.98 Å². The summed E-state index contributed by atoms with van der Waals surface area (Å²) in [4.78, 5) is 4.41. The summed E-state index contributed by atoms with van der Waals surface area (Å²) in [6, 6.07) is 8.67. The van der Waals surface area contributed by atoms with Gasteiger partial charge in [0.1, 0.15) is 5.52 Å². The van der Waals surface area contributed by atoms with Crippen LogP contribution < -0.4 is 15.2 Å². The number of hydrogen-bond acceptors (Lipinski definition) is 5. The van der Waals surface area contributed by atoms with E-state index in [-0.39, 0.29) is 0 Å². The van der Waals surface area contributed by atoms with Gasteiger partial charge in [-0.1, -0.05) is 11.6 Å². The first kappa shape index (κ1) is 13.6. The Balaban J connectivity index is 2.17. The summed E-state index contributed by atoms with van der Waals surface area (Å²) < 4.78 is 16.2. The van der Waals surface area contributed by atoms with Crippen LogP contribution in [-0.4, -0.2) is 19.2 Å². The molecule has 6 heteroatoms. The van der Waals surface area contributed by atoms with E-state index in [4.69, 9.17) is 31.2 Å². The number of aromatic nitrogens is 1. The highest BCUT2D eigenvalue weighted by atomic mass is 35.5. The van der Waals surface area contributed by atoms with Gasteiger partial charge >= 0.3 is 0 Å². The number of nitrogens with zero attached hydrogens (tertiary/aromatic N) is 1. The molecule has 1 aromatic heterocycles. The molecule has 5 nitrogen and oxygen atoms in total. The summed E-state index contributed by atoms with van der Waals surface area (Å²) in [5.74, 6) is 1.52.